The van der Waals surface area contributed by atoms with Gasteiger partial charge >= 0.3 is 13.0 Å². The van der Waals surface area contributed by atoms with Crippen LogP contribution in [0.1, 0.15) is 24.4 Å². The van der Waals surface area contributed by atoms with Crippen molar-refractivity contribution in [3.05, 3.63) is 41.1 Å². The minimum absolute atomic E-state index is 0.00466. The van der Waals surface area contributed by atoms with Gasteiger partial charge in [0, 0.05) is 12.7 Å². The number of aliphatic hydroxyl groups excluding tert-OH is 3. The summed E-state index contributed by atoms with van der Waals surface area (Å²) in [4.78, 5) is 43.1. The summed E-state index contributed by atoms with van der Waals surface area (Å²) in [6.07, 6.45) is -4.64. The first-order chi connectivity index (χ1) is 23.6. The van der Waals surface area contributed by atoms with Gasteiger partial charge in [-0.15, -0.1) is 0 Å². The molecule has 8 rings (SSSR count). The highest BCUT2D eigenvalue weighted by Gasteiger charge is 2.52. The lowest BCUT2D eigenvalue weighted by molar-refractivity contribution is -0.0835. The van der Waals surface area contributed by atoms with E-state index >= 15 is 0 Å². The third-order valence-electron chi connectivity index (χ3n) is 8.92. The van der Waals surface area contributed by atoms with E-state index in [-0.39, 0.29) is 24.3 Å². The average molecular weight is 723 g/mol. The Morgan fingerprint density at radius 1 is 0.980 bits per heavy atom. The lowest BCUT2D eigenvalue weighted by Gasteiger charge is -2.25. The van der Waals surface area contributed by atoms with E-state index in [1.54, 1.807) is 10.8 Å². The molecule has 4 aliphatic heterocycles. The molecule has 4 aromatic rings. The summed E-state index contributed by atoms with van der Waals surface area (Å²) < 4.78 is 52.0. The van der Waals surface area contributed by atoms with E-state index in [1.807, 2.05) is 0 Å². The summed E-state index contributed by atoms with van der Waals surface area (Å²) >= 11 is 4.12. The number of ether oxygens (including phenoxy) is 4. The van der Waals surface area contributed by atoms with Crippen LogP contribution in [0.5, 0.6) is 0 Å². The Morgan fingerprint density at radius 3 is 2.65 bits per heavy atom. The second kappa shape index (κ2) is 12.6. The van der Waals surface area contributed by atoms with Crippen molar-refractivity contribution >= 4 is 53.2 Å². The number of hydrogen-bond acceptors (Lipinski definition) is 17. The molecule has 0 spiro atoms. The van der Waals surface area contributed by atoms with Gasteiger partial charge in [-0.05, 0) is 18.4 Å². The van der Waals surface area contributed by atoms with Gasteiger partial charge in [-0.1, -0.05) is 12.2 Å². The van der Waals surface area contributed by atoms with Crippen molar-refractivity contribution in [2.45, 2.75) is 68.5 Å². The van der Waals surface area contributed by atoms with Crippen LogP contribution < -0.4 is 10.9 Å². The fourth-order valence-electron chi connectivity index (χ4n) is 6.63. The van der Waals surface area contributed by atoms with Gasteiger partial charge < -0.3 is 44.2 Å². The number of aromatic nitrogens is 7. The molecular formula is C27H31N8O12PS. The van der Waals surface area contributed by atoms with E-state index in [4.69, 9.17) is 28.0 Å². The summed E-state index contributed by atoms with van der Waals surface area (Å²) in [5.41, 5.74) is 0.880. The Morgan fingerprint density at radius 2 is 1.82 bits per heavy atom. The average Bonchev–Trinajstić information content (AvgIpc) is 3.78. The van der Waals surface area contributed by atoms with Gasteiger partial charge in [0.05, 0.1) is 31.5 Å². The predicted molar refractivity (Wildman–Crippen MR) is 167 cm³/mol. The van der Waals surface area contributed by atoms with Gasteiger partial charge in [0.1, 0.15) is 61.2 Å². The Hall–Kier alpha value is -3.66. The minimum atomic E-state index is -4.30. The van der Waals surface area contributed by atoms with Crippen LogP contribution in [-0.2, 0) is 45.5 Å². The number of nitrogens with one attached hydrogen (secondary N) is 1. The first-order valence-corrected chi connectivity index (χ1v) is 18.1. The number of nitrogens with zero attached hydrogens (tertiary/aromatic N) is 7. The van der Waals surface area contributed by atoms with Crippen LogP contribution in [0.15, 0.2) is 30.0 Å². The SMILES string of the molecule is O=C1OC[C@H]2O[C@@H](n3cc4c5c(ncnc53)NCCC4)[C@H](O)[C@@H]2OP(=O)(S)OC[C@H]2O[C@@H](n3cnc4c(=O)n(CCO)cnc43)[C@H](O1)[C@@H]2O. The molecule has 0 aliphatic carbocycles. The molecular weight excluding hydrogens is 691 g/mol. The van der Waals surface area contributed by atoms with E-state index in [1.165, 1.54) is 28.1 Å². The maximum Gasteiger partial charge on any atom is 0.508 e. The van der Waals surface area contributed by atoms with E-state index in [0.29, 0.717) is 11.5 Å². The molecule has 20 nitrogen and oxygen atoms in total. The Labute approximate surface area is 280 Å². The molecule has 1 unspecified atom stereocenters. The number of thiol groups is 1. The smallest absolute Gasteiger partial charge is 0.431 e. The van der Waals surface area contributed by atoms with Crippen molar-refractivity contribution in [3.8, 4) is 0 Å². The largest absolute Gasteiger partial charge is 0.508 e. The van der Waals surface area contributed by atoms with E-state index in [2.05, 4.69) is 37.5 Å². The molecule has 0 radical (unpaired) electrons. The molecule has 3 fully saturated rings. The lowest BCUT2D eigenvalue weighted by Crippen LogP contribution is -2.38. The van der Waals surface area contributed by atoms with Gasteiger partial charge in [0.25, 0.3) is 5.56 Å². The Bertz CT molecular complexity index is 2020. The van der Waals surface area contributed by atoms with Crippen molar-refractivity contribution in [2.75, 3.05) is 31.7 Å². The zero-order valence-electron chi connectivity index (χ0n) is 25.4. The fourth-order valence-corrected chi connectivity index (χ4v) is 8.12. The number of cyclic esters (lactones) is 1. The van der Waals surface area contributed by atoms with Crippen molar-refractivity contribution in [3.63, 3.8) is 0 Å². The summed E-state index contributed by atoms with van der Waals surface area (Å²) in [6.45, 7) is -4.95. The Kier molecular flexibility index (Phi) is 8.36. The number of anilines is 1. The lowest BCUT2D eigenvalue weighted by atomic mass is 10.1. The van der Waals surface area contributed by atoms with E-state index in [9.17, 15) is 29.5 Å². The first kappa shape index (κ1) is 32.5. The van der Waals surface area contributed by atoms with Crippen molar-refractivity contribution in [2.24, 2.45) is 0 Å². The number of rotatable bonds is 4. The summed E-state index contributed by atoms with van der Waals surface area (Å²) in [7, 11) is 0. The molecule has 22 heteroatoms. The monoisotopic (exact) mass is 722 g/mol. The fraction of sp³-hybridized carbons (Fsp3) is 0.556. The molecule has 8 heterocycles. The van der Waals surface area contributed by atoms with Crippen LogP contribution in [0.3, 0.4) is 0 Å². The number of imidazole rings is 1. The molecule has 9 atom stereocenters. The van der Waals surface area contributed by atoms with Crippen LogP contribution in [0.4, 0.5) is 10.6 Å². The minimum Gasteiger partial charge on any atom is -0.431 e. The zero-order chi connectivity index (χ0) is 34.0. The highest BCUT2D eigenvalue weighted by molar-refractivity contribution is 8.44. The topological polar surface area (TPSA) is 246 Å². The number of aryl methyl sites for hydroxylation is 1. The maximum atomic E-state index is 13.6. The molecule has 0 saturated carbocycles. The summed E-state index contributed by atoms with van der Waals surface area (Å²) in [6, 6.07) is 0. The van der Waals surface area contributed by atoms with Gasteiger partial charge in [-0.2, -0.15) is 0 Å². The molecule has 4 aliphatic rings. The summed E-state index contributed by atoms with van der Waals surface area (Å²) in [5, 5.41) is 35.9. The predicted octanol–water partition coefficient (Wildman–Crippen LogP) is -0.120. The third-order valence-corrected chi connectivity index (χ3v) is 10.5. The van der Waals surface area contributed by atoms with Crippen LogP contribution in [0.25, 0.3) is 22.2 Å². The van der Waals surface area contributed by atoms with Gasteiger partial charge in [0.2, 0.25) is 0 Å². The van der Waals surface area contributed by atoms with E-state index in [0.717, 1.165) is 30.3 Å². The molecule has 4 aromatic heterocycles. The number of aliphatic hydroxyl groups is 3. The van der Waals surface area contributed by atoms with Crippen LogP contribution in [-0.4, -0.2) is 118 Å². The highest BCUT2D eigenvalue weighted by atomic mass is 32.7. The van der Waals surface area contributed by atoms with Crippen molar-refractivity contribution in [1.82, 2.24) is 33.6 Å². The van der Waals surface area contributed by atoms with E-state index < -0.39 is 80.8 Å². The molecule has 3 saturated heterocycles. The van der Waals surface area contributed by atoms with Gasteiger partial charge in [0.15, 0.2) is 29.7 Å². The molecule has 0 aromatic carbocycles. The quantitative estimate of drug-likeness (QED) is 0.105. The second-order valence-corrected chi connectivity index (χ2v) is 14.8. The van der Waals surface area contributed by atoms with Crippen molar-refractivity contribution in [1.29, 1.82) is 0 Å². The molecule has 49 heavy (non-hydrogen) atoms. The summed E-state index contributed by atoms with van der Waals surface area (Å²) in [5.74, 6) is 0.650. The molecule has 0 amide bonds. The first-order valence-electron chi connectivity index (χ1n) is 15.4. The van der Waals surface area contributed by atoms with Crippen LogP contribution in [0, 0.1) is 0 Å². The second-order valence-electron chi connectivity index (χ2n) is 11.9. The highest BCUT2D eigenvalue weighted by Crippen LogP contribution is 2.57. The number of carbonyl (C=O) groups is 1. The number of hydrogen-bond donors (Lipinski definition) is 5. The number of carbonyl (C=O) groups excluding carboxylic acids is 1. The maximum absolute atomic E-state index is 13.6. The normalized spacial score (nSPS) is 33.5. The van der Waals surface area contributed by atoms with Gasteiger partial charge in [-0.25, -0.2) is 29.3 Å². The van der Waals surface area contributed by atoms with Crippen molar-refractivity contribution < 1.29 is 52.7 Å². The molecule has 262 valence electrons. The molecule has 4 N–H and O–H groups in total. The third kappa shape index (κ3) is 5.68. The van der Waals surface area contributed by atoms with Gasteiger partial charge in [-0.3, -0.25) is 23.0 Å². The van der Waals surface area contributed by atoms with Crippen LogP contribution in [0.2, 0.25) is 0 Å². The zero-order valence-corrected chi connectivity index (χ0v) is 27.2. The van der Waals surface area contributed by atoms with Crippen LogP contribution >= 0.6 is 19.0 Å². The Balaban J connectivity index is 1.08. The standard InChI is InChI=1S/C27H31N8O12PS/c36-5-4-33-10-32-23-16(24(33)39)31-11-35(23)26-20-17(37)13(44-26)8-43-48(41,49)47-19-14(7-42-27(40)46-20)45-25(18(19)38)34-6-12-2-1-3-28-21-15(12)22(34)30-9-29-21/h6,9-11,13-14,17-20,25-26,36-38H,1-5,7-8H2,(H,41,49)(H,28,29,30)/t13-,14-,17-,18-,19-,20-,25-,26-,48?/m1/s1. The molecule has 2 bridgehead atoms. The number of fused-ring (bicyclic) bond motifs is 4.